The van der Waals surface area contributed by atoms with Gasteiger partial charge in [0.05, 0.1) is 0 Å². The molecule has 4 fully saturated rings. The Labute approximate surface area is 242 Å². The highest BCUT2D eigenvalue weighted by Crippen LogP contribution is 2.39. The summed E-state index contributed by atoms with van der Waals surface area (Å²) in [6.07, 6.45) is 5.09. The summed E-state index contributed by atoms with van der Waals surface area (Å²) in [7, 11) is 0. The first-order valence-corrected chi connectivity index (χ1v) is 15.1. The smallest absolute Gasteiger partial charge is 0.407 e. The molecule has 0 aromatic heterocycles. The van der Waals surface area contributed by atoms with E-state index in [0.29, 0.717) is 31.3 Å². The third kappa shape index (κ3) is 7.01. The molecule has 41 heavy (non-hydrogen) atoms. The Kier molecular flexibility index (Phi) is 8.41. The molecular formula is C32H41N5O4. The molecule has 1 saturated carbocycles. The Balaban J connectivity index is 0.886. The maximum absolute atomic E-state index is 12.3. The number of fused-ring (bicyclic) bond motifs is 1. The van der Waals surface area contributed by atoms with Crippen molar-refractivity contribution in [2.24, 2.45) is 17.8 Å². The lowest BCUT2D eigenvalue weighted by atomic mass is 9.95. The van der Waals surface area contributed by atoms with Crippen LogP contribution in [0.3, 0.4) is 0 Å². The van der Waals surface area contributed by atoms with Crippen molar-refractivity contribution in [1.82, 2.24) is 15.5 Å². The number of alkyl carbamates (subject to hydrolysis) is 1. The zero-order valence-corrected chi connectivity index (χ0v) is 23.6. The Morgan fingerprint density at radius 3 is 2.32 bits per heavy atom. The molecule has 0 spiro atoms. The van der Waals surface area contributed by atoms with Crippen LogP contribution in [0.1, 0.15) is 44.1 Å². The summed E-state index contributed by atoms with van der Waals surface area (Å²) in [6, 6.07) is 18.0. The summed E-state index contributed by atoms with van der Waals surface area (Å²) in [5.74, 6) is 1.62. The minimum atomic E-state index is -0.358. The molecule has 0 bridgehead atoms. The molecule has 2 unspecified atom stereocenters. The molecule has 3 N–H and O–H groups in total. The molecule has 4 atom stereocenters. The molecule has 3 saturated heterocycles. The van der Waals surface area contributed by atoms with Gasteiger partial charge in [0.25, 0.3) is 0 Å². The SMILES string of the molecule is O=C1CCC(Nc2ccc(N3CCC(CN4C[C@H]5CC(NC(=O)OCc6ccccc6)C[C@H]5C4)CC3)cc2)C(=O)N1. The number of anilines is 2. The zero-order chi connectivity index (χ0) is 28.2. The topological polar surface area (TPSA) is 103 Å². The lowest BCUT2D eigenvalue weighted by Crippen LogP contribution is -2.47. The quantitative estimate of drug-likeness (QED) is 0.423. The van der Waals surface area contributed by atoms with E-state index in [1.807, 2.05) is 42.5 Å². The minimum Gasteiger partial charge on any atom is -0.445 e. The Bertz CT molecular complexity index is 1200. The number of hydrogen-bond donors (Lipinski definition) is 3. The predicted octanol–water partition coefficient (Wildman–Crippen LogP) is 3.76. The van der Waals surface area contributed by atoms with Crippen LogP contribution in [0.25, 0.3) is 0 Å². The van der Waals surface area contributed by atoms with E-state index < -0.39 is 0 Å². The van der Waals surface area contributed by atoms with Gasteiger partial charge in [-0.3, -0.25) is 14.9 Å². The molecular weight excluding hydrogens is 518 g/mol. The first kappa shape index (κ1) is 27.6. The normalized spacial score (nSPS) is 26.9. The van der Waals surface area contributed by atoms with Crippen molar-refractivity contribution in [2.45, 2.75) is 57.2 Å². The molecule has 3 aliphatic heterocycles. The largest absolute Gasteiger partial charge is 0.445 e. The number of imide groups is 1. The fraction of sp³-hybridized carbons (Fsp3) is 0.531. The predicted molar refractivity (Wildman–Crippen MR) is 157 cm³/mol. The first-order chi connectivity index (χ1) is 20.0. The summed E-state index contributed by atoms with van der Waals surface area (Å²) < 4.78 is 5.43. The number of likely N-dealkylation sites (tertiary alicyclic amines) is 1. The van der Waals surface area contributed by atoms with Gasteiger partial charge in [0, 0.05) is 56.6 Å². The van der Waals surface area contributed by atoms with Gasteiger partial charge in [-0.15, -0.1) is 0 Å². The Morgan fingerprint density at radius 1 is 0.927 bits per heavy atom. The molecule has 218 valence electrons. The maximum Gasteiger partial charge on any atom is 0.407 e. The number of hydrogen-bond acceptors (Lipinski definition) is 7. The monoisotopic (exact) mass is 559 g/mol. The first-order valence-electron chi connectivity index (χ1n) is 15.1. The minimum absolute atomic E-state index is 0.195. The summed E-state index contributed by atoms with van der Waals surface area (Å²) in [6.45, 7) is 5.89. The second-order valence-electron chi connectivity index (χ2n) is 12.2. The van der Waals surface area contributed by atoms with Crippen LogP contribution < -0.4 is 20.9 Å². The van der Waals surface area contributed by atoms with Gasteiger partial charge >= 0.3 is 6.09 Å². The summed E-state index contributed by atoms with van der Waals surface area (Å²) in [5.41, 5.74) is 3.12. The van der Waals surface area contributed by atoms with Crippen LogP contribution in [0.4, 0.5) is 16.2 Å². The number of ether oxygens (including phenoxy) is 1. The lowest BCUT2D eigenvalue weighted by Gasteiger charge is -2.35. The van der Waals surface area contributed by atoms with Gasteiger partial charge in [-0.1, -0.05) is 30.3 Å². The Hall–Kier alpha value is -3.59. The Morgan fingerprint density at radius 2 is 1.63 bits per heavy atom. The van der Waals surface area contributed by atoms with E-state index in [0.717, 1.165) is 56.2 Å². The number of rotatable bonds is 8. The third-order valence-corrected chi connectivity index (χ3v) is 9.30. The number of carbonyl (C=O) groups excluding carboxylic acids is 3. The van der Waals surface area contributed by atoms with Crippen LogP contribution in [-0.4, -0.2) is 67.6 Å². The van der Waals surface area contributed by atoms with Crippen LogP contribution in [-0.2, 0) is 20.9 Å². The second-order valence-corrected chi connectivity index (χ2v) is 12.2. The van der Waals surface area contributed by atoms with Crippen molar-refractivity contribution in [3.63, 3.8) is 0 Å². The average molecular weight is 560 g/mol. The molecule has 0 radical (unpaired) electrons. The van der Waals surface area contributed by atoms with Gasteiger partial charge in [0.15, 0.2) is 0 Å². The molecule has 1 aliphatic carbocycles. The molecule has 2 aromatic carbocycles. The average Bonchev–Trinajstić information content (AvgIpc) is 3.53. The zero-order valence-electron chi connectivity index (χ0n) is 23.6. The highest BCUT2D eigenvalue weighted by atomic mass is 16.5. The van der Waals surface area contributed by atoms with Gasteiger partial charge in [0.1, 0.15) is 12.6 Å². The van der Waals surface area contributed by atoms with Crippen molar-refractivity contribution in [3.8, 4) is 0 Å². The van der Waals surface area contributed by atoms with Crippen LogP contribution in [0, 0.1) is 17.8 Å². The van der Waals surface area contributed by atoms with E-state index in [-0.39, 0.29) is 30.0 Å². The van der Waals surface area contributed by atoms with E-state index in [9.17, 15) is 14.4 Å². The molecule has 9 nitrogen and oxygen atoms in total. The fourth-order valence-corrected chi connectivity index (χ4v) is 7.14. The number of piperidine rings is 2. The van der Waals surface area contributed by atoms with Crippen LogP contribution in [0.15, 0.2) is 54.6 Å². The molecule has 4 aliphatic rings. The van der Waals surface area contributed by atoms with E-state index in [2.05, 4.69) is 37.9 Å². The van der Waals surface area contributed by atoms with E-state index in [1.54, 1.807) is 0 Å². The van der Waals surface area contributed by atoms with Crippen molar-refractivity contribution in [1.29, 1.82) is 0 Å². The molecule has 2 aromatic rings. The lowest BCUT2D eigenvalue weighted by molar-refractivity contribution is -0.133. The highest BCUT2D eigenvalue weighted by molar-refractivity contribution is 6.01. The second kappa shape index (κ2) is 12.5. The van der Waals surface area contributed by atoms with Crippen molar-refractivity contribution in [3.05, 3.63) is 60.2 Å². The highest BCUT2D eigenvalue weighted by Gasteiger charge is 2.42. The van der Waals surface area contributed by atoms with Crippen LogP contribution >= 0.6 is 0 Å². The van der Waals surface area contributed by atoms with Gasteiger partial charge in [0.2, 0.25) is 11.8 Å². The van der Waals surface area contributed by atoms with E-state index in [4.69, 9.17) is 4.74 Å². The van der Waals surface area contributed by atoms with E-state index >= 15 is 0 Å². The number of carbonyl (C=O) groups is 3. The van der Waals surface area contributed by atoms with Crippen LogP contribution in [0.2, 0.25) is 0 Å². The number of amides is 3. The van der Waals surface area contributed by atoms with Crippen molar-refractivity contribution < 1.29 is 19.1 Å². The molecule has 9 heteroatoms. The molecule has 3 amide bonds. The van der Waals surface area contributed by atoms with E-state index in [1.165, 1.54) is 25.1 Å². The number of nitrogens with zero attached hydrogens (tertiary/aromatic N) is 2. The van der Waals surface area contributed by atoms with Gasteiger partial charge in [-0.25, -0.2) is 4.79 Å². The van der Waals surface area contributed by atoms with Gasteiger partial charge in [-0.2, -0.15) is 0 Å². The summed E-state index contributed by atoms with van der Waals surface area (Å²) in [4.78, 5) is 40.8. The van der Waals surface area contributed by atoms with Gasteiger partial charge < -0.3 is 25.2 Å². The van der Waals surface area contributed by atoms with Gasteiger partial charge in [-0.05, 0) is 79.7 Å². The number of nitrogens with one attached hydrogen (secondary N) is 3. The standard InChI is InChI=1S/C32H41N5O4/c38-30-11-10-29(31(39)35-30)33-26-6-8-28(9-7-26)37-14-12-22(13-15-37)18-36-19-24-16-27(17-25(24)20-36)34-32(40)41-21-23-4-2-1-3-5-23/h1-9,22,24-25,27,29,33H,10-21H2,(H,34,40)(H,35,38,39)/t24-,25+,27?,29?. The maximum atomic E-state index is 12.3. The fourth-order valence-electron chi connectivity index (χ4n) is 7.14. The number of benzene rings is 2. The molecule has 3 heterocycles. The van der Waals surface area contributed by atoms with Crippen LogP contribution in [0.5, 0.6) is 0 Å². The molecule has 6 rings (SSSR count). The van der Waals surface area contributed by atoms with Crippen molar-refractivity contribution in [2.75, 3.05) is 42.9 Å². The summed E-state index contributed by atoms with van der Waals surface area (Å²) >= 11 is 0. The van der Waals surface area contributed by atoms with Crippen molar-refractivity contribution >= 4 is 29.3 Å². The third-order valence-electron chi connectivity index (χ3n) is 9.30. The summed E-state index contributed by atoms with van der Waals surface area (Å²) in [5, 5.41) is 8.76.